The summed E-state index contributed by atoms with van der Waals surface area (Å²) in [6, 6.07) is 165. The van der Waals surface area contributed by atoms with Crippen molar-refractivity contribution in [3.05, 3.63) is 487 Å². The van der Waals surface area contributed by atoms with E-state index in [1.807, 2.05) is 0 Å². The van der Waals surface area contributed by atoms with Gasteiger partial charge in [-0.15, -0.1) is 0 Å². The average molecular weight is 1520 g/mol. The van der Waals surface area contributed by atoms with E-state index >= 15 is 0 Å². The number of fused-ring (bicyclic) bond motifs is 26. The second-order valence-corrected chi connectivity index (χ2v) is 32.4. The third kappa shape index (κ3) is 9.82. The van der Waals surface area contributed by atoms with Crippen molar-refractivity contribution >= 4 is 77.9 Å². The van der Waals surface area contributed by atoms with Crippen LogP contribution in [0.15, 0.2) is 447 Å². The summed E-state index contributed by atoms with van der Waals surface area (Å²) in [4.78, 5) is 5.00. The Morgan fingerprint density at radius 1 is 0.192 bits per heavy atom. The lowest BCUT2D eigenvalue weighted by Crippen LogP contribution is -2.26. The quantitative estimate of drug-likeness (QED) is 0.122. The first-order valence-corrected chi connectivity index (χ1v) is 41.6. The summed E-state index contributed by atoms with van der Waals surface area (Å²) in [5.74, 6) is 0. The number of hydrogen-bond acceptors (Lipinski definition) is 3. The molecule has 0 fully saturated rings. The summed E-state index contributed by atoms with van der Waals surface area (Å²) in [5.41, 5.74) is 42.6. The normalized spacial score (nSPS) is 13.9. The van der Waals surface area contributed by atoms with Crippen molar-refractivity contribution in [2.24, 2.45) is 0 Å². The molecule has 0 saturated heterocycles. The molecule has 4 heteroatoms. The summed E-state index contributed by atoms with van der Waals surface area (Å²) in [7, 11) is 0. The van der Waals surface area contributed by atoms with Crippen LogP contribution in [0.2, 0.25) is 0 Å². The summed E-state index contributed by atoms with van der Waals surface area (Å²) in [5, 5.41) is 4.63. The van der Waals surface area contributed by atoms with Gasteiger partial charge in [0.2, 0.25) is 0 Å². The zero-order valence-electron chi connectivity index (χ0n) is 65.4. The second-order valence-electron chi connectivity index (χ2n) is 32.4. The van der Waals surface area contributed by atoms with Crippen LogP contribution in [0.5, 0.6) is 0 Å². The maximum atomic E-state index is 6.92. The second kappa shape index (κ2) is 26.5. The highest BCUT2D eigenvalue weighted by Gasteiger charge is 2.54. The van der Waals surface area contributed by atoms with Crippen molar-refractivity contribution in [2.45, 2.75) is 10.8 Å². The summed E-state index contributed by atoms with van der Waals surface area (Å²) in [6.45, 7) is 0. The Morgan fingerprint density at radius 2 is 0.567 bits per heavy atom. The third-order valence-corrected chi connectivity index (χ3v) is 26.4. The van der Waals surface area contributed by atoms with E-state index in [9.17, 15) is 0 Å². The van der Waals surface area contributed by atoms with Gasteiger partial charge in [-0.25, -0.2) is 0 Å². The molecule has 0 saturated carbocycles. The molecule has 558 valence electrons. The van der Waals surface area contributed by atoms with Crippen LogP contribution in [0.25, 0.3) is 150 Å². The lowest BCUT2D eigenvalue weighted by Gasteiger charge is -2.32. The van der Waals surface area contributed by atoms with Crippen LogP contribution in [-0.4, -0.2) is 4.57 Å². The summed E-state index contributed by atoms with van der Waals surface area (Å²) in [6.07, 6.45) is 0. The number of rotatable bonds is 12. The van der Waals surface area contributed by atoms with Gasteiger partial charge in [-0.1, -0.05) is 328 Å². The molecule has 4 aliphatic carbocycles. The predicted molar refractivity (Wildman–Crippen MR) is 497 cm³/mol. The van der Waals surface area contributed by atoms with Gasteiger partial charge in [-0.3, -0.25) is 0 Å². The molecule has 1 atom stereocenters. The highest BCUT2D eigenvalue weighted by molar-refractivity contribution is 6.12. The standard InChI is InChI=1S/C116H73N3O/c1-4-26-74(27-5-1)75-50-60-84(61-51-75)117(85-62-52-76(53-63-85)79-58-68-108-96(71-79)91-36-16-23-47-107(91)118(108)83-30-8-3-9-31-83)109-48-24-44-104-113(109)93-37-13-21-43-102(93)116(104)100-41-19-12-35-90(100)95-70-81(57-67-103(95)116)82-56-66-92-97-72-80(59-69-111(97)120-112(92)73-82)77-54-64-86(65-55-77)119(106-46-22-15-32-87(106)78-28-6-2-7-29-78)110-49-25-45-105-114(110)94-38-14-20-42-101(94)115(105)98-39-17-10-33-88(98)89-34-11-18-40-99(89)115/h1-73H. The van der Waals surface area contributed by atoms with E-state index < -0.39 is 10.8 Å². The molecular formula is C116H73N3O. The van der Waals surface area contributed by atoms with E-state index in [1.165, 1.54) is 128 Å². The van der Waals surface area contributed by atoms with Gasteiger partial charge in [0, 0.05) is 61.0 Å². The maximum Gasteiger partial charge on any atom is 0.136 e. The molecule has 120 heavy (non-hydrogen) atoms. The van der Waals surface area contributed by atoms with Crippen LogP contribution in [0.4, 0.5) is 34.1 Å². The molecule has 0 aliphatic heterocycles. The minimum atomic E-state index is -0.606. The van der Waals surface area contributed by atoms with Gasteiger partial charge in [0.25, 0.3) is 0 Å². The fourth-order valence-electron chi connectivity index (χ4n) is 21.4. The highest BCUT2D eigenvalue weighted by atomic mass is 16.3. The topological polar surface area (TPSA) is 24.6 Å². The Hall–Kier alpha value is -15.6. The first kappa shape index (κ1) is 67.7. The molecule has 0 N–H and O–H groups in total. The van der Waals surface area contributed by atoms with Gasteiger partial charge in [0.05, 0.1) is 38.9 Å². The van der Waals surface area contributed by atoms with Crippen LogP contribution >= 0.6 is 0 Å². The number of furan rings is 1. The van der Waals surface area contributed by atoms with Crippen LogP contribution in [-0.2, 0) is 10.8 Å². The zero-order valence-corrected chi connectivity index (χ0v) is 65.4. The van der Waals surface area contributed by atoms with Crippen molar-refractivity contribution in [3.63, 3.8) is 0 Å². The van der Waals surface area contributed by atoms with E-state index in [2.05, 4.69) is 457 Å². The molecule has 19 aromatic carbocycles. The number of benzene rings is 19. The van der Waals surface area contributed by atoms with E-state index in [4.69, 9.17) is 4.42 Å². The Bertz CT molecular complexity index is 7720. The third-order valence-electron chi connectivity index (χ3n) is 26.4. The number of hydrogen-bond donors (Lipinski definition) is 0. The molecule has 2 heterocycles. The first-order valence-electron chi connectivity index (χ1n) is 41.6. The predicted octanol–water partition coefficient (Wildman–Crippen LogP) is 30.6. The van der Waals surface area contributed by atoms with Gasteiger partial charge < -0.3 is 18.8 Å². The highest BCUT2D eigenvalue weighted by Crippen LogP contribution is 2.67. The van der Waals surface area contributed by atoms with E-state index in [0.717, 1.165) is 101 Å². The number of aromatic nitrogens is 1. The molecule has 2 aromatic heterocycles. The summed E-state index contributed by atoms with van der Waals surface area (Å²) < 4.78 is 9.30. The smallest absolute Gasteiger partial charge is 0.136 e. The molecular weight excluding hydrogens is 1450 g/mol. The van der Waals surface area contributed by atoms with Crippen molar-refractivity contribution in [1.82, 2.24) is 4.57 Å². The molecule has 4 aliphatic rings. The number of nitrogens with zero attached hydrogens (tertiary/aromatic N) is 3. The van der Waals surface area contributed by atoms with Gasteiger partial charge in [0.15, 0.2) is 0 Å². The largest absolute Gasteiger partial charge is 0.456 e. The number of anilines is 6. The van der Waals surface area contributed by atoms with Gasteiger partial charge in [0.1, 0.15) is 11.2 Å². The summed E-state index contributed by atoms with van der Waals surface area (Å²) >= 11 is 0. The van der Waals surface area contributed by atoms with Crippen LogP contribution in [0, 0.1) is 0 Å². The van der Waals surface area contributed by atoms with Crippen LogP contribution in [0.1, 0.15) is 44.5 Å². The molecule has 4 nitrogen and oxygen atoms in total. The monoisotopic (exact) mass is 1520 g/mol. The fraction of sp³-hybridized carbons (Fsp3) is 0.0172. The molecule has 0 amide bonds. The zero-order chi connectivity index (χ0) is 78.7. The SMILES string of the molecule is c1ccc(-c2ccc(N(c3ccc(-c4ccc5c(c4)c4ccccc4n5-c4ccccc4)cc3)c3cccc4c3-c3ccccc3C43c4ccccc4-c4cc(-c5ccc6c(c5)oc5ccc(-c7ccc(N(c8ccccc8-c8ccccc8)c8cccc9c8-c8ccccc8C98c9ccccc9-c9ccccc98)cc7)cc56)ccc43)cc2)cc1. The lowest BCUT2D eigenvalue weighted by molar-refractivity contribution is 0.669. The Labute approximate surface area is 696 Å². The minimum absolute atomic E-state index is 0.488. The van der Waals surface area contributed by atoms with Gasteiger partial charge in [-0.2, -0.15) is 0 Å². The van der Waals surface area contributed by atoms with E-state index in [-0.39, 0.29) is 0 Å². The van der Waals surface area contributed by atoms with Crippen molar-refractivity contribution in [1.29, 1.82) is 0 Å². The Kier molecular flexibility index (Phi) is 14.9. The number of para-hydroxylation sites is 3. The van der Waals surface area contributed by atoms with Crippen molar-refractivity contribution in [3.8, 4) is 106 Å². The Balaban J connectivity index is 0.570. The molecule has 21 aromatic rings. The maximum absolute atomic E-state index is 6.92. The van der Waals surface area contributed by atoms with Gasteiger partial charge in [-0.05, 0) is 243 Å². The first-order chi connectivity index (χ1) is 59.5. The van der Waals surface area contributed by atoms with Crippen LogP contribution < -0.4 is 9.80 Å². The molecule has 0 bridgehead atoms. The van der Waals surface area contributed by atoms with Crippen molar-refractivity contribution < 1.29 is 4.42 Å². The lowest BCUT2D eigenvalue weighted by atomic mass is 9.70. The van der Waals surface area contributed by atoms with Gasteiger partial charge >= 0.3 is 0 Å². The van der Waals surface area contributed by atoms with Crippen LogP contribution in [0.3, 0.4) is 0 Å². The minimum Gasteiger partial charge on any atom is -0.456 e. The molecule has 0 radical (unpaired) electrons. The molecule has 25 rings (SSSR count). The fourth-order valence-corrected chi connectivity index (χ4v) is 21.4. The molecule has 2 spiro atoms. The average Bonchev–Trinajstić information content (AvgIpc) is 1.51. The van der Waals surface area contributed by atoms with E-state index in [0.29, 0.717) is 0 Å². The Morgan fingerprint density at radius 3 is 1.16 bits per heavy atom. The molecule has 1 unspecified atom stereocenters. The van der Waals surface area contributed by atoms with Crippen molar-refractivity contribution in [2.75, 3.05) is 9.80 Å². The van der Waals surface area contributed by atoms with E-state index in [1.54, 1.807) is 0 Å².